The summed E-state index contributed by atoms with van der Waals surface area (Å²) in [7, 11) is 0. The van der Waals surface area contributed by atoms with Gasteiger partial charge in [-0.25, -0.2) is 4.79 Å². The summed E-state index contributed by atoms with van der Waals surface area (Å²) in [6.07, 6.45) is 6.68. The van der Waals surface area contributed by atoms with Gasteiger partial charge in [-0.05, 0) is 71.3 Å². The molecular weight excluding hydrogens is 456 g/mol. The van der Waals surface area contributed by atoms with Gasteiger partial charge < -0.3 is 15.4 Å². The van der Waals surface area contributed by atoms with Crippen LogP contribution in [0.25, 0.3) is 6.08 Å². The van der Waals surface area contributed by atoms with Crippen molar-refractivity contribution in [2.24, 2.45) is 5.92 Å². The number of ether oxygens (including phenoxy) is 1. The molecular formula is C24H22N4O3S2. The summed E-state index contributed by atoms with van der Waals surface area (Å²) < 4.78 is 5.40. The Bertz CT molecular complexity index is 1180. The van der Waals surface area contributed by atoms with Gasteiger partial charge >= 0.3 is 6.09 Å². The van der Waals surface area contributed by atoms with E-state index in [1.807, 2.05) is 35.0 Å². The van der Waals surface area contributed by atoms with Crippen molar-refractivity contribution in [3.63, 3.8) is 0 Å². The summed E-state index contributed by atoms with van der Waals surface area (Å²) in [6.45, 7) is 0.618. The number of carbonyl (C=O) groups is 2. The van der Waals surface area contributed by atoms with Crippen LogP contribution in [0, 0.1) is 17.2 Å². The third-order valence-corrected chi connectivity index (χ3v) is 7.15. The molecule has 4 rings (SSSR count). The monoisotopic (exact) mass is 478 g/mol. The number of fused-ring (bicyclic) bond motifs is 1. The van der Waals surface area contributed by atoms with Crippen molar-refractivity contribution in [2.75, 3.05) is 11.9 Å². The molecule has 168 valence electrons. The van der Waals surface area contributed by atoms with E-state index in [9.17, 15) is 14.9 Å². The molecule has 33 heavy (non-hydrogen) atoms. The molecule has 3 aromatic rings. The van der Waals surface area contributed by atoms with Gasteiger partial charge in [-0.1, -0.05) is 6.07 Å². The Morgan fingerprint density at radius 1 is 1.33 bits per heavy atom. The lowest BCUT2D eigenvalue weighted by Crippen LogP contribution is -2.28. The van der Waals surface area contributed by atoms with E-state index in [0.717, 1.165) is 34.5 Å². The minimum Gasteiger partial charge on any atom is -0.449 e. The maximum atomic E-state index is 12.3. The molecule has 0 aromatic carbocycles. The van der Waals surface area contributed by atoms with Crippen molar-refractivity contribution in [1.82, 2.24) is 10.3 Å². The van der Waals surface area contributed by atoms with E-state index in [4.69, 9.17) is 4.74 Å². The van der Waals surface area contributed by atoms with Crippen molar-refractivity contribution < 1.29 is 14.3 Å². The maximum Gasteiger partial charge on any atom is 0.407 e. The molecule has 2 amide bonds. The molecule has 3 aromatic heterocycles. The number of hydrogen-bond acceptors (Lipinski definition) is 7. The zero-order valence-electron chi connectivity index (χ0n) is 17.7. The lowest BCUT2D eigenvalue weighted by Gasteiger charge is -2.21. The molecule has 0 saturated carbocycles. The van der Waals surface area contributed by atoms with Crippen LogP contribution in [-0.2, 0) is 28.9 Å². The summed E-state index contributed by atoms with van der Waals surface area (Å²) in [5, 5.41) is 19.7. The summed E-state index contributed by atoms with van der Waals surface area (Å²) >= 11 is 3.00. The Labute approximate surface area is 199 Å². The Morgan fingerprint density at radius 3 is 3.00 bits per heavy atom. The summed E-state index contributed by atoms with van der Waals surface area (Å²) in [5.41, 5.74) is 3.27. The minimum atomic E-state index is -0.472. The Kier molecular flexibility index (Phi) is 7.50. The van der Waals surface area contributed by atoms with Crippen molar-refractivity contribution in [3.05, 3.63) is 74.6 Å². The highest BCUT2D eigenvalue weighted by Crippen LogP contribution is 2.39. The van der Waals surface area contributed by atoms with Crippen LogP contribution in [0.3, 0.4) is 0 Å². The molecule has 1 aliphatic carbocycles. The standard InChI is InChI=1S/C24H22N4O3S2/c25-12-20-19-6-4-17(14-31-24(30)27-13-18-3-1-2-9-26-18)11-21(19)33-23(20)28-22(29)7-5-16-8-10-32-15-16/h1-3,5,7-10,15,17H,4,6,11,13-14H2,(H,27,30)(H,28,29). The van der Waals surface area contributed by atoms with Crippen molar-refractivity contribution in [2.45, 2.75) is 25.8 Å². The number of nitriles is 1. The number of rotatable bonds is 7. The molecule has 0 fully saturated rings. The van der Waals surface area contributed by atoms with Crippen molar-refractivity contribution >= 4 is 45.8 Å². The van der Waals surface area contributed by atoms with E-state index in [1.165, 1.54) is 17.4 Å². The first-order valence-electron chi connectivity index (χ1n) is 10.5. The van der Waals surface area contributed by atoms with Gasteiger partial charge in [0.2, 0.25) is 5.91 Å². The highest BCUT2D eigenvalue weighted by molar-refractivity contribution is 7.16. The minimum absolute atomic E-state index is 0.172. The van der Waals surface area contributed by atoms with Crippen LogP contribution in [0.4, 0.5) is 9.80 Å². The predicted octanol–water partition coefficient (Wildman–Crippen LogP) is 4.76. The van der Waals surface area contributed by atoms with E-state index in [-0.39, 0.29) is 11.8 Å². The number of carbonyl (C=O) groups excluding carboxylic acids is 2. The van der Waals surface area contributed by atoms with E-state index in [2.05, 4.69) is 21.7 Å². The normalized spacial score (nSPS) is 14.9. The maximum absolute atomic E-state index is 12.3. The zero-order valence-corrected chi connectivity index (χ0v) is 19.4. The first kappa shape index (κ1) is 22.7. The van der Waals surface area contributed by atoms with Gasteiger partial charge in [0.1, 0.15) is 11.1 Å². The van der Waals surface area contributed by atoms with Crippen LogP contribution < -0.4 is 10.6 Å². The molecule has 7 nitrogen and oxygen atoms in total. The SMILES string of the molecule is N#Cc1c(NC(=O)C=Cc2ccsc2)sc2c1CCC(COC(=O)NCc1ccccn1)C2. The number of hydrogen-bond donors (Lipinski definition) is 2. The van der Waals surface area contributed by atoms with Crippen LogP contribution in [0.5, 0.6) is 0 Å². The Balaban J connectivity index is 1.31. The van der Waals surface area contributed by atoms with E-state index < -0.39 is 6.09 Å². The van der Waals surface area contributed by atoms with E-state index in [0.29, 0.717) is 30.1 Å². The van der Waals surface area contributed by atoms with Crippen molar-refractivity contribution in [3.8, 4) is 6.07 Å². The number of anilines is 1. The fraction of sp³-hybridized carbons (Fsp3) is 0.250. The average molecular weight is 479 g/mol. The Hall–Kier alpha value is -3.48. The molecule has 0 saturated heterocycles. The van der Waals surface area contributed by atoms with Gasteiger partial charge in [0.25, 0.3) is 0 Å². The third-order valence-electron chi connectivity index (χ3n) is 5.28. The summed E-state index contributed by atoms with van der Waals surface area (Å²) in [4.78, 5) is 29.6. The molecule has 3 heterocycles. The number of amides is 2. The second-order valence-corrected chi connectivity index (χ2v) is 9.47. The van der Waals surface area contributed by atoms with Crippen LogP contribution in [-0.4, -0.2) is 23.6 Å². The van der Waals surface area contributed by atoms with Gasteiger partial charge in [0.05, 0.1) is 24.4 Å². The molecule has 1 atom stereocenters. The molecule has 9 heteroatoms. The second kappa shape index (κ2) is 10.9. The average Bonchev–Trinajstić information content (AvgIpc) is 3.47. The van der Waals surface area contributed by atoms with Gasteiger partial charge in [-0.3, -0.25) is 9.78 Å². The molecule has 0 spiro atoms. The molecule has 2 N–H and O–H groups in total. The third kappa shape index (κ3) is 6.06. The highest BCUT2D eigenvalue weighted by Gasteiger charge is 2.27. The van der Waals surface area contributed by atoms with Gasteiger partial charge in [0, 0.05) is 17.2 Å². The summed E-state index contributed by atoms with van der Waals surface area (Å²) in [6, 6.07) is 9.70. The largest absolute Gasteiger partial charge is 0.449 e. The zero-order chi connectivity index (χ0) is 23.0. The predicted molar refractivity (Wildman–Crippen MR) is 129 cm³/mol. The Morgan fingerprint density at radius 2 is 2.24 bits per heavy atom. The van der Waals surface area contributed by atoms with Crippen LogP contribution in [0.1, 0.15) is 33.7 Å². The summed E-state index contributed by atoms with van der Waals surface area (Å²) in [5.74, 6) is -0.0916. The number of alkyl carbamates (subject to hydrolysis) is 1. The molecule has 1 unspecified atom stereocenters. The van der Waals surface area contributed by atoms with E-state index >= 15 is 0 Å². The highest BCUT2D eigenvalue weighted by atomic mass is 32.1. The first-order chi connectivity index (χ1) is 16.1. The number of aromatic nitrogens is 1. The van der Waals surface area contributed by atoms with Gasteiger partial charge in [-0.2, -0.15) is 16.6 Å². The number of pyridine rings is 1. The fourth-order valence-electron chi connectivity index (χ4n) is 3.61. The van der Waals surface area contributed by atoms with Gasteiger partial charge in [-0.15, -0.1) is 11.3 Å². The molecule has 0 aliphatic heterocycles. The lowest BCUT2D eigenvalue weighted by molar-refractivity contribution is -0.111. The second-order valence-electron chi connectivity index (χ2n) is 7.58. The van der Waals surface area contributed by atoms with Crippen LogP contribution in [0.15, 0.2) is 47.3 Å². The van der Waals surface area contributed by atoms with Crippen LogP contribution >= 0.6 is 22.7 Å². The molecule has 1 aliphatic rings. The van der Waals surface area contributed by atoms with E-state index in [1.54, 1.807) is 23.6 Å². The smallest absolute Gasteiger partial charge is 0.407 e. The number of nitrogens with one attached hydrogen (secondary N) is 2. The van der Waals surface area contributed by atoms with Crippen LogP contribution in [0.2, 0.25) is 0 Å². The van der Waals surface area contributed by atoms with Gasteiger partial charge in [0.15, 0.2) is 0 Å². The first-order valence-corrected chi connectivity index (χ1v) is 12.2. The topological polar surface area (TPSA) is 104 Å². The molecule has 0 bridgehead atoms. The quantitative estimate of drug-likeness (QED) is 0.477. The molecule has 0 radical (unpaired) electrons. The number of thiophene rings is 2. The lowest BCUT2D eigenvalue weighted by atomic mass is 9.88. The number of nitrogens with zero attached hydrogens (tertiary/aromatic N) is 2. The fourth-order valence-corrected chi connectivity index (χ4v) is 5.55. The van der Waals surface area contributed by atoms with Crippen molar-refractivity contribution in [1.29, 1.82) is 5.26 Å².